The Hall–Kier alpha value is -2.69. The van der Waals surface area contributed by atoms with Crippen LogP contribution in [0.2, 0.25) is 0 Å². The minimum Gasteiger partial charge on any atom is -0.508 e. The molecule has 3 rings (SSSR count). The lowest BCUT2D eigenvalue weighted by Crippen LogP contribution is -2.35. The fraction of sp³-hybridized carbons (Fsp3) is 0.188. The molecule has 2 aromatic carbocycles. The van der Waals surface area contributed by atoms with Crippen molar-refractivity contribution in [3.05, 3.63) is 47.5 Å². The number of nitrogens with zero attached hydrogens (tertiary/aromatic N) is 1. The van der Waals surface area contributed by atoms with Crippen LogP contribution in [-0.4, -0.2) is 22.7 Å². The average molecular weight is 284 g/mol. The summed E-state index contributed by atoms with van der Waals surface area (Å²) in [7, 11) is 0. The summed E-state index contributed by atoms with van der Waals surface area (Å²) < 4.78 is 0. The Morgan fingerprint density at radius 3 is 2.71 bits per heavy atom. The fourth-order valence-corrected chi connectivity index (χ4v) is 2.65. The predicted octanol–water partition coefficient (Wildman–Crippen LogP) is 2.27. The molecule has 5 nitrogen and oxygen atoms in total. The number of phenols is 2. The molecule has 0 fully saturated rings. The zero-order valence-electron chi connectivity index (χ0n) is 11.4. The summed E-state index contributed by atoms with van der Waals surface area (Å²) in [6, 6.07) is 9.51. The number of hydrogen-bond acceptors (Lipinski definition) is 4. The second kappa shape index (κ2) is 5.01. The maximum Gasteiger partial charge on any atom is 0.262 e. The molecule has 1 heterocycles. The number of carbonyl (C=O) groups excluding carboxylic acids is 1. The molecular weight excluding hydrogens is 268 g/mol. The zero-order chi connectivity index (χ0) is 15.0. The minimum absolute atomic E-state index is 0.0765. The first-order valence-electron chi connectivity index (χ1n) is 6.78. The summed E-state index contributed by atoms with van der Waals surface area (Å²) in [5.74, 6) is -0.595. The summed E-state index contributed by atoms with van der Waals surface area (Å²) in [6.45, 7) is 0.579. The molecule has 108 valence electrons. The van der Waals surface area contributed by atoms with Crippen molar-refractivity contribution in [2.75, 3.05) is 17.2 Å². The quantitative estimate of drug-likeness (QED) is 0.701. The number of nitrogens with two attached hydrogens (primary N) is 1. The third-order valence-corrected chi connectivity index (χ3v) is 3.68. The van der Waals surface area contributed by atoms with Crippen molar-refractivity contribution >= 4 is 17.3 Å². The third kappa shape index (κ3) is 2.38. The number of nitrogen functional groups attached to an aromatic ring is 1. The Morgan fingerprint density at radius 1 is 1.14 bits per heavy atom. The molecule has 0 atom stereocenters. The Kier molecular flexibility index (Phi) is 3.17. The molecule has 0 aliphatic carbocycles. The molecule has 0 radical (unpaired) electrons. The Balaban J connectivity index is 2.02. The largest absolute Gasteiger partial charge is 0.508 e. The van der Waals surface area contributed by atoms with Crippen LogP contribution in [-0.2, 0) is 6.42 Å². The number of carbonyl (C=O) groups is 1. The number of anilines is 2. The Labute approximate surface area is 122 Å². The van der Waals surface area contributed by atoms with Gasteiger partial charge in [0.1, 0.15) is 11.5 Å². The van der Waals surface area contributed by atoms with Crippen LogP contribution in [0.1, 0.15) is 22.3 Å². The van der Waals surface area contributed by atoms with E-state index in [4.69, 9.17) is 5.73 Å². The summed E-state index contributed by atoms with van der Waals surface area (Å²) in [5.41, 5.74) is 8.44. The van der Waals surface area contributed by atoms with Crippen LogP contribution in [0.3, 0.4) is 0 Å². The Morgan fingerprint density at radius 2 is 1.95 bits per heavy atom. The topological polar surface area (TPSA) is 86.8 Å². The molecule has 0 bridgehead atoms. The number of benzene rings is 2. The third-order valence-electron chi connectivity index (χ3n) is 3.68. The van der Waals surface area contributed by atoms with Gasteiger partial charge in [-0.1, -0.05) is 6.07 Å². The SMILES string of the molecule is Nc1ccc2c(c1)N(C(=O)c1ccc(O)cc1O)CCC2. The first kappa shape index (κ1) is 13.3. The van der Waals surface area contributed by atoms with Crippen molar-refractivity contribution in [3.8, 4) is 11.5 Å². The van der Waals surface area contributed by atoms with Crippen LogP contribution in [0, 0.1) is 0 Å². The highest BCUT2D eigenvalue weighted by Gasteiger charge is 2.25. The fourth-order valence-electron chi connectivity index (χ4n) is 2.65. The van der Waals surface area contributed by atoms with Crippen LogP contribution >= 0.6 is 0 Å². The van der Waals surface area contributed by atoms with Gasteiger partial charge in [-0.25, -0.2) is 0 Å². The summed E-state index contributed by atoms with van der Waals surface area (Å²) >= 11 is 0. The van der Waals surface area contributed by atoms with Gasteiger partial charge in [0.05, 0.1) is 5.56 Å². The van der Waals surface area contributed by atoms with Gasteiger partial charge in [-0.2, -0.15) is 0 Å². The van der Waals surface area contributed by atoms with E-state index in [-0.39, 0.29) is 23.0 Å². The number of rotatable bonds is 1. The lowest BCUT2D eigenvalue weighted by atomic mass is 10.00. The molecule has 0 saturated carbocycles. The lowest BCUT2D eigenvalue weighted by molar-refractivity contribution is 0.0982. The first-order chi connectivity index (χ1) is 10.1. The van der Waals surface area contributed by atoms with E-state index in [1.807, 2.05) is 12.1 Å². The van der Waals surface area contributed by atoms with Crippen LogP contribution in [0.25, 0.3) is 0 Å². The van der Waals surface area contributed by atoms with Gasteiger partial charge in [-0.15, -0.1) is 0 Å². The van der Waals surface area contributed by atoms with Gasteiger partial charge >= 0.3 is 0 Å². The summed E-state index contributed by atoms with van der Waals surface area (Å²) in [6.07, 6.45) is 1.77. The molecule has 1 aliphatic heterocycles. The molecule has 4 N–H and O–H groups in total. The van der Waals surface area contributed by atoms with E-state index in [1.54, 1.807) is 11.0 Å². The maximum absolute atomic E-state index is 12.6. The monoisotopic (exact) mass is 284 g/mol. The van der Waals surface area contributed by atoms with E-state index in [0.29, 0.717) is 12.2 Å². The van der Waals surface area contributed by atoms with Crippen molar-refractivity contribution in [1.82, 2.24) is 0 Å². The number of aryl methyl sites for hydroxylation is 1. The van der Waals surface area contributed by atoms with Crippen LogP contribution in [0.5, 0.6) is 11.5 Å². The van der Waals surface area contributed by atoms with Gasteiger partial charge in [0, 0.05) is 24.0 Å². The molecular formula is C16H16N2O3. The maximum atomic E-state index is 12.6. The predicted molar refractivity (Wildman–Crippen MR) is 80.6 cm³/mol. The van der Waals surface area contributed by atoms with E-state index in [2.05, 4.69) is 0 Å². The molecule has 21 heavy (non-hydrogen) atoms. The molecule has 1 aliphatic rings. The van der Waals surface area contributed by atoms with Crippen LogP contribution < -0.4 is 10.6 Å². The standard InChI is InChI=1S/C16H16N2O3/c17-11-4-3-10-2-1-7-18(14(10)8-11)16(21)13-6-5-12(19)9-15(13)20/h3-6,8-9,19-20H,1-2,7,17H2. The molecule has 0 aromatic heterocycles. The van der Waals surface area contributed by atoms with Crippen molar-refractivity contribution in [2.45, 2.75) is 12.8 Å². The van der Waals surface area contributed by atoms with Gasteiger partial charge in [0.2, 0.25) is 0 Å². The molecule has 2 aromatic rings. The highest BCUT2D eigenvalue weighted by Crippen LogP contribution is 2.32. The highest BCUT2D eigenvalue weighted by molar-refractivity contribution is 6.08. The van der Waals surface area contributed by atoms with E-state index < -0.39 is 0 Å². The van der Waals surface area contributed by atoms with Crippen molar-refractivity contribution in [1.29, 1.82) is 0 Å². The molecule has 0 saturated heterocycles. The number of phenolic OH excluding ortho intramolecular Hbond substituents is 2. The minimum atomic E-state index is -0.293. The van der Waals surface area contributed by atoms with E-state index in [9.17, 15) is 15.0 Å². The number of aromatic hydroxyl groups is 2. The zero-order valence-corrected chi connectivity index (χ0v) is 11.4. The van der Waals surface area contributed by atoms with Gasteiger partial charge in [-0.3, -0.25) is 4.79 Å². The number of fused-ring (bicyclic) bond motifs is 1. The molecule has 0 spiro atoms. The van der Waals surface area contributed by atoms with E-state index >= 15 is 0 Å². The second-order valence-electron chi connectivity index (χ2n) is 5.15. The molecule has 0 unspecified atom stereocenters. The van der Waals surface area contributed by atoms with Gasteiger partial charge in [-0.05, 0) is 42.7 Å². The number of hydrogen-bond donors (Lipinski definition) is 3. The van der Waals surface area contributed by atoms with Crippen LogP contribution in [0.4, 0.5) is 11.4 Å². The normalized spacial score (nSPS) is 13.8. The first-order valence-corrected chi connectivity index (χ1v) is 6.78. The second-order valence-corrected chi connectivity index (χ2v) is 5.15. The van der Waals surface area contributed by atoms with Crippen molar-refractivity contribution in [2.24, 2.45) is 0 Å². The Bertz CT molecular complexity index is 713. The smallest absolute Gasteiger partial charge is 0.262 e. The summed E-state index contributed by atoms with van der Waals surface area (Å²) in [4.78, 5) is 14.3. The lowest BCUT2D eigenvalue weighted by Gasteiger charge is -2.30. The molecule has 5 heteroatoms. The van der Waals surface area contributed by atoms with Gasteiger partial charge in [0.25, 0.3) is 5.91 Å². The van der Waals surface area contributed by atoms with Gasteiger partial charge < -0.3 is 20.8 Å². The summed E-state index contributed by atoms with van der Waals surface area (Å²) in [5, 5.41) is 19.2. The highest BCUT2D eigenvalue weighted by atomic mass is 16.3. The molecule has 1 amide bonds. The van der Waals surface area contributed by atoms with Crippen LogP contribution in [0.15, 0.2) is 36.4 Å². The van der Waals surface area contributed by atoms with Crippen molar-refractivity contribution < 1.29 is 15.0 Å². The van der Waals surface area contributed by atoms with Crippen molar-refractivity contribution in [3.63, 3.8) is 0 Å². The number of amides is 1. The van der Waals surface area contributed by atoms with Gasteiger partial charge in [0.15, 0.2) is 0 Å². The van der Waals surface area contributed by atoms with E-state index in [0.717, 1.165) is 30.2 Å². The average Bonchev–Trinajstić information content (AvgIpc) is 2.46. The van der Waals surface area contributed by atoms with E-state index in [1.165, 1.54) is 12.1 Å².